The molecule has 0 saturated heterocycles. The fraction of sp³-hybridized carbons (Fsp3) is 0.636. The fourth-order valence-electron chi connectivity index (χ4n) is 2.45. The predicted molar refractivity (Wildman–Crippen MR) is 53.6 cm³/mol. The molecule has 0 aromatic heterocycles. The highest BCUT2D eigenvalue weighted by Gasteiger charge is 2.38. The highest BCUT2D eigenvalue weighted by molar-refractivity contribution is 6.21. The summed E-state index contributed by atoms with van der Waals surface area (Å²) in [6.07, 6.45) is 5.73. The van der Waals surface area contributed by atoms with Gasteiger partial charge in [-0.15, -0.1) is 11.6 Å². The van der Waals surface area contributed by atoms with Crippen LogP contribution in [0.1, 0.15) is 19.3 Å². The van der Waals surface area contributed by atoms with Gasteiger partial charge in [-0.05, 0) is 31.1 Å². The zero-order valence-corrected chi connectivity index (χ0v) is 8.30. The van der Waals surface area contributed by atoms with E-state index in [2.05, 4.69) is 12.7 Å². The second kappa shape index (κ2) is 3.45. The number of rotatable bonds is 1. The van der Waals surface area contributed by atoms with Crippen LogP contribution in [0.15, 0.2) is 24.3 Å². The van der Waals surface area contributed by atoms with Crippen LogP contribution in [0.5, 0.6) is 0 Å². The molecule has 2 aliphatic carbocycles. The monoisotopic (exact) mass is 200 g/mol. The lowest BCUT2D eigenvalue weighted by Gasteiger charge is -2.30. The number of alkyl halides is 2. The van der Waals surface area contributed by atoms with Crippen LogP contribution >= 0.6 is 11.6 Å². The predicted octanol–water partition coefficient (Wildman–Crippen LogP) is 3.47. The molecule has 2 aliphatic rings. The van der Waals surface area contributed by atoms with E-state index in [1.165, 1.54) is 5.57 Å². The Morgan fingerprint density at radius 3 is 3.00 bits per heavy atom. The normalized spacial score (nSPS) is 44.0. The second-order valence-corrected chi connectivity index (χ2v) is 4.64. The van der Waals surface area contributed by atoms with Crippen molar-refractivity contribution in [3.05, 3.63) is 24.3 Å². The molecule has 0 radical (unpaired) electrons. The number of halogens is 2. The molecule has 13 heavy (non-hydrogen) atoms. The van der Waals surface area contributed by atoms with Crippen molar-refractivity contribution in [3.8, 4) is 0 Å². The summed E-state index contributed by atoms with van der Waals surface area (Å²) >= 11 is 5.89. The Bertz CT molecular complexity index is 246. The first-order chi connectivity index (χ1) is 6.20. The molecule has 0 amide bonds. The van der Waals surface area contributed by atoms with Gasteiger partial charge in [-0.25, -0.2) is 4.39 Å². The van der Waals surface area contributed by atoms with E-state index in [0.29, 0.717) is 18.3 Å². The van der Waals surface area contributed by atoms with E-state index in [0.717, 1.165) is 12.8 Å². The van der Waals surface area contributed by atoms with E-state index in [1.807, 2.05) is 6.08 Å². The van der Waals surface area contributed by atoms with Crippen LogP contribution in [0.3, 0.4) is 0 Å². The minimum atomic E-state index is -0.805. The molecule has 0 aromatic carbocycles. The van der Waals surface area contributed by atoms with Crippen molar-refractivity contribution >= 4 is 11.6 Å². The van der Waals surface area contributed by atoms with Crippen LogP contribution in [0, 0.1) is 11.8 Å². The molecule has 0 nitrogen and oxygen atoms in total. The van der Waals surface area contributed by atoms with Gasteiger partial charge in [0.1, 0.15) is 6.17 Å². The summed E-state index contributed by atoms with van der Waals surface area (Å²) in [4.78, 5) is 0. The molecule has 2 rings (SSSR count). The van der Waals surface area contributed by atoms with Crippen molar-refractivity contribution in [1.82, 2.24) is 0 Å². The minimum absolute atomic E-state index is 0.276. The maximum atomic E-state index is 13.3. The van der Waals surface area contributed by atoms with Gasteiger partial charge in [0.05, 0.1) is 5.38 Å². The first-order valence-corrected chi connectivity index (χ1v) is 5.25. The van der Waals surface area contributed by atoms with Crippen molar-refractivity contribution in [2.24, 2.45) is 11.8 Å². The molecule has 1 saturated carbocycles. The number of fused-ring (bicyclic) bond motifs is 1. The third kappa shape index (κ3) is 1.67. The molecule has 0 bridgehead atoms. The molecule has 0 spiro atoms. The molecule has 0 heterocycles. The van der Waals surface area contributed by atoms with Crippen LogP contribution in [0.25, 0.3) is 0 Å². The highest BCUT2D eigenvalue weighted by Crippen LogP contribution is 2.43. The molecule has 72 valence electrons. The van der Waals surface area contributed by atoms with Gasteiger partial charge >= 0.3 is 0 Å². The summed E-state index contributed by atoms with van der Waals surface area (Å²) in [6.45, 7) is 3.74. The number of hydrogen-bond acceptors (Lipinski definition) is 0. The first kappa shape index (κ1) is 9.26. The molecule has 1 fully saturated rings. The number of hydrogen-bond donors (Lipinski definition) is 0. The third-order valence-electron chi connectivity index (χ3n) is 3.21. The molecule has 0 N–H and O–H groups in total. The smallest absolute Gasteiger partial charge is 0.117 e. The van der Waals surface area contributed by atoms with Gasteiger partial charge < -0.3 is 0 Å². The van der Waals surface area contributed by atoms with Gasteiger partial charge in [0.25, 0.3) is 0 Å². The molecular weight excluding hydrogens is 187 g/mol. The van der Waals surface area contributed by atoms with Crippen molar-refractivity contribution in [3.63, 3.8) is 0 Å². The van der Waals surface area contributed by atoms with Gasteiger partial charge in [-0.2, -0.15) is 0 Å². The standard InChI is InChI=1S/C11H14ClF/c1-2-7-3-8-5-10(12)11(13)6-9(8)4-7/h2-3,8-11H,1,4-6H2/t8?,9?,10?,11-/m0/s1. The van der Waals surface area contributed by atoms with Crippen molar-refractivity contribution in [1.29, 1.82) is 0 Å². The van der Waals surface area contributed by atoms with Crippen LogP contribution in [-0.4, -0.2) is 11.5 Å². The van der Waals surface area contributed by atoms with E-state index < -0.39 is 6.17 Å². The van der Waals surface area contributed by atoms with Crippen molar-refractivity contribution < 1.29 is 4.39 Å². The summed E-state index contributed by atoms with van der Waals surface area (Å²) in [5, 5.41) is -0.276. The van der Waals surface area contributed by atoms with E-state index in [9.17, 15) is 4.39 Å². The summed E-state index contributed by atoms with van der Waals surface area (Å²) in [5.74, 6) is 0.987. The Kier molecular flexibility index (Phi) is 2.46. The van der Waals surface area contributed by atoms with Gasteiger partial charge in [0.2, 0.25) is 0 Å². The Morgan fingerprint density at radius 2 is 2.31 bits per heavy atom. The molecule has 2 heteroatoms. The summed E-state index contributed by atoms with van der Waals surface area (Å²) in [5.41, 5.74) is 1.27. The largest absolute Gasteiger partial charge is 0.246 e. The first-order valence-electron chi connectivity index (χ1n) is 4.82. The molecule has 4 atom stereocenters. The van der Waals surface area contributed by atoms with Crippen LogP contribution in [-0.2, 0) is 0 Å². The Labute approximate surface area is 83.5 Å². The van der Waals surface area contributed by atoms with Crippen molar-refractivity contribution in [2.45, 2.75) is 30.8 Å². The fourth-order valence-corrected chi connectivity index (χ4v) is 2.76. The Morgan fingerprint density at radius 1 is 1.54 bits per heavy atom. The Hall–Kier alpha value is -0.300. The van der Waals surface area contributed by atoms with Crippen LogP contribution < -0.4 is 0 Å². The van der Waals surface area contributed by atoms with E-state index in [-0.39, 0.29) is 5.38 Å². The quantitative estimate of drug-likeness (QED) is 0.569. The zero-order valence-electron chi connectivity index (χ0n) is 7.55. The van der Waals surface area contributed by atoms with E-state index in [4.69, 9.17) is 11.6 Å². The SMILES string of the molecule is C=CC1=CC2CC(Cl)[C@@H](F)CC2C1. The lowest BCUT2D eigenvalue weighted by atomic mass is 9.80. The van der Waals surface area contributed by atoms with Gasteiger partial charge in [-0.1, -0.05) is 24.3 Å². The number of allylic oxidation sites excluding steroid dienone is 3. The second-order valence-electron chi connectivity index (χ2n) is 4.08. The van der Waals surface area contributed by atoms with Gasteiger partial charge in [0, 0.05) is 0 Å². The summed E-state index contributed by atoms with van der Waals surface area (Å²) in [6, 6.07) is 0. The van der Waals surface area contributed by atoms with E-state index in [1.54, 1.807) is 0 Å². The maximum absolute atomic E-state index is 13.3. The topological polar surface area (TPSA) is 0 Å². The zero-order chi connectivity index (χ0) is 9.42. The molecule has 0 aliphatic heterocycles. The van der Waals surface area contributed by atoms with Gasteiger partial charge in [0.15, 0.2) is 0 Å². The maximum Gasteiger partial charge on any atom is 0.117 e. The average molecular weight is 201 g/mol. The summed E-state index contributed by atoms with van der Waals surface area (Å²) < 4.78 is 13.3. The van der Waals surface area contributed by atoms with E-state index >= 15 is 0 Å². The lowest BCUT2D eigenvalue weighted by molar-refractivity contribution is 0.177. The molecular formula is C11H14ClF. The van der Waals surface area contributed by atoms with Crippen LogP contribution in [0.4, 0.5) is 4.39 Å². The third-order valence-corrected chi connectivity index (χ3v) is 3.66. The molecule has 3 unspecified atom stereocenters. The van der Waals surface area contributed by atoms with Crippen molar-refractivity contribution in [2.75, 3.05) is 0 Å². The minimum Gasteiger partial charge on any atom is -0.246 e. The average Bonchev–Trinajstić information content (AvgIpc) is 2.48. The lowest BCUT2D eigenvalue weighted by Crippen LogP contribution is -2.31. The summed E-state index contributed by atoms with van der Waals surface area (Å²) in [7, 11) is 0. The van der Waals surface area contributed by atoms with Crippen LogP contribution in [0.2, 0.25) is 0 Å². The molecule has 0 aromatic rings. The van der Waals surface area contributed by atoms with Gasteiger partial charge in [-0.3, -0.25) is 0 Å². The Balaban J connectivity index is 2.08. The highest BCUT2D eigenvalue weighted by atomic mass is 35.5.